The van der Waals surface area contributed by atoms with Gasteiger partial charge < -0.3 is 15.4 Å². The minimum atomic E-state index is -0.242. The molecule has 0 amide bonds. The van der Waals surface area contributed by atoms with Crippen LogP contribution >= 0.6 is 23.1 Å². The molecule has 5 nitrogen and oxygen atoms in total. The summed E-state index contributed by atoms with van der Waals surface area (Å²) in [5.41, 5.74) is 2.06. The van der Waals surface area contributed by atoms with Crippen LogP contribution in [0, 0.1) is 0 Å². The third kappa shape index (κ3) is 5.76. The second kappa shape index (κ2) is 9.82. The maximum Gasteiger partial charge on any atom is 0.202 e. The summed E-state index contributed by atoms with van der Waals surface area (Å²) >= 11 is 7.23. The van der Waals surface area contributed by atoms with Crippen LogP contribution in [0.2, 0.25) is 5.02 Å². The van der Waals surface area contributed by atoms with E-state index in [1.54, 1.807) is 6.08 Å². The molecule has 1 aromatic heterocycles. The van der Waals surface area contributed by atoms with Gasteiger partial charge in [0.25, 0.3) is 0 Å². The van der Waals surface area contributed by atoms with E-state index in [9.17, 15) is 4.39 Å². The van der Waals surface area contributed by atoms with E-state index in [4.69, 9.17) is 16.3 Å². The number of nitrogens with one attached hydrogen (secondary N) is 2. The Hall–Kier alpha value is -1.96. The summed E-state index contributed by atoms with van der Waals surface area (Å²) < 4.78 is 23.1. The zero-order valence-electron chi connectivity index (χ0n) is 15.1. The smallest absolute Gasteiger partial charge is 0.202 e. The first-order valence-electron chi connectivity index (χ1n) is 8.82. The maximum atomic E-state index is 13.7. The van der Waals surface area contributed by atoms with Gasteiger partial charge in [-0.1, -0.05) is 17.2 Å². The van der Waals surface area contributed by atoms with Crippen molar-refractivity contribution in [3.63, 3.8) is 0 Å². The number of halogens is 2. The quantitative estimate of drug-likeness (QED) is 0.584. The Morgan fingerprint density at radius 1 is 1.19 bits per heavy atom. The van der Waals surface area contributed by atoms with Crippen molar-refractivity contribution in [2.45, 2.75) is 19.3 Å². The molecule has 0 unspecified atom stereocenters. The largest absolute Gasteiger partial charge is 0.498 e. The van der Waals surface area contributed by atoms with Crippen molar-refractivity contribution in [3.8, 4) is 11.4 Å². The zero-order chi connectivity index (χ0) is 19.1. The van der Waals surface area contributed by atoms with E-state index < -0.39 is 0 Å². The van der Waals surface area contributed by atoms with Crippen LogP contribution in [0.3, 0.4) is 0 Å². The van der Waals surface area contributed by atoms with Crippen LogP contribution in [-0.4, -0.2) is 36.1 Å². The summed E-state index contributed by atoms with van der Waals surface area (Å²) in [5.74, 6) is 0.904. The van der Waals surface area contributed by atoms with Gasteiger partial charge in [-0.25, -0.2) is 4.39 Å². The van der Waals surface area contributed by atoms with E-state index >= 15 is 0 Å². The van der Waals surface area contributed by atoms with Crippen molar-refractivity contribution in [1.29, 1.82) is 0 Å². The molecule has 1 heterocycles. The number of ether oxygens (including phenoxy) is 1. The Bertz CT molecular complexity index is 819. The molecule has 144 valence electrons. The molecule has 2 aromatic rings. The summed E-state index contributed by atoms with van der Waals surface area (Å²) in [6, 6.07) is 7.47. The molecule has 1 aliphatic carbocycles. The molecule has 0 fully saturated rings. The van der Waals surface area contributed by atoms with Gasteiger partial charge in [0.2, 0.25) is 5.13 Å². The minimum absolute atomic E-state index is 0.242. The predicted molar refractivity (Wildman–Crippen MR) is 109 cm³/mol. The van der Waals surface area contributed by atoms with Crippen LogP contribution in [0.4, 0.5) is 9.52 Å². The minimum Gasteiger partial charge on any atom is -0.498 e. The molecule has 0 atom stereocenters. The average molecular weight is 409 g/mol. The van der Waals surface area contributed by atoms with Gasteiger partial charge in [-0.2, -0.15) is 9.36 Å². The van der Waals surface area contributed by atoms with Crippen LogP contribution in [-0.2, 0) is 4.74 Å². The first-order chi connectivity index (χ1) is 13.2. The first-order valence-corrected chi connectivity index (χ1v) is 9.97. The van der Waals surface area contributed by atoms with Gasteiger partial charge in [0.15, 0.2) is 11.7 Å². The fourth-order valence-electron chi connectivity index (χ4n) is 2.77. The molecule has 0 radical (unpaired) electrons. The molecule has 0 saturated heterocycles. The number of hydrogen-bond donors (Lipinski definition) is 2. The highest BCUT2D eigenvalue weighted by atomic mass is 35.5. The fourth-order valence-corrected chi connectivity index (χ4v) is 3.50. The third-order valence-corrected chi connectivity index (χ3v) is 5.17. The molecule has 0 saturated carbocycles. The molecule has 1 aliphatic rings. The molecule has 8 heteroatoms. The predicted octanol–water partition coefficient (Wildman–Crippen LogP) is 4.80. The molecule has 27 heavy (non-hydrogen) atoms. The molecule has 1 aromatic carbocycles. The highest BCUT2D eigenvalue weighted by Crippen LogP contribution is 2.26. The Balaban J connectivity index is 1.35. The standard InChI is InChI=1S/C19H22ClFN4OS/c1-26-17-7-2-13(12-16(17)21)8-9-22-10-11-23-19-24-18(25-27-19)14-3-5-15(20)6-4-14/h3-6,12,22H,2,7-11H2,1H3,(H,23,24,25). The van der Waals surface area contributed by atoms with Crippen LogP contribution in [0.25, 0.3) is 11.4 Å². The Morgan fingerprint density at radius 2 is 2.00 bits per heavy atom. The molecular weight excluding hydrogens is 387 g/mol. The van der Waals surface area contributed by atoms with Gasteiger partial charge in [0.05, 0.1) is 7.11 Å². The van der Waals surface area contributed by atoms with Crippen molar-refractivity contribution >= 4 is 28.3 Å². The Morgan fingerprint density at radius 3 is 2.74 bits per heavy atom. The first kappa shape index (κ1) is 19.8. The zero-order valence-corrected chi connectivity index (χ0v) is 16.7. The number of allylic oxidation sites excluding steroid dienone is 3. The second-order valence-corrected chi connectivity index (χ2v) is 7.32. The lowest BCUT2D eigenvalue weighted by atomic mass is 10.0. The Kier molecular flexibility index (Phi) is 7.20. The molecule has 0 aliphatic heterocycles. The van der Waals surface area contributed by atoms with E-state index in [1.165, 1.54) is 18.6 Å². The molecule has 0 spiro atoms. The van der Waals surface area contributed by atoms with E-state index in [-0.39, 0.29) is 5.83 Å². The highest BCUT2D eigenvalue weighted by molar-refractivity contribution is 7.09. The number of aromatic nitrogens is 2. The number of hydrogen-bond acceptors (Lipinski definition) is 6. The van der Waals surface area contributed by atoms with Gasteiger partial charge in [0.1, 0.15) is 5.76 Å². The van der Waals surface area contributed by atoms with Gasteiger partial charge in [0, 0.05) is 41.6 Å². The Labute approximate surface area is 167 Å². The lowest BCUT2D eigenvalue weighted by Gasteiger charge is -2.15. The van der Waals surface area contributed by atoms with Gasteiger partial charge >= 0.3 is 0 Å². The maximum absolute atomic E-state index is 13.7. The van der Waals surface area contributed by atoms with Crippen LogP contribution in [0.15, 0.2) is 47.5 Å². The summed E-state index contributed by atoms with van der Waals surface area (Å²) in [4.78, 5) is 4.48. The van der Waals surface area contributed by atoms with Crippen molar-refractivity contribution in [2.75, 3.05) is 32.1 Å². The monoisotopic (exact) mass is 408 g/mol. The van der Waals surface area contributed by atoms with Crippen molar-refractivity contribution in [1.82, 2.24) is 14.7 Å². The summed E-state index contributed by atoms with van der Waals surface area (Å²) in [7, 11) is 1.51. The lowest BCUT2D eigenvalue weighted by molar-refractivity contribution is 0.260. The molecule has 0 bridgehead atoms. The summed E-state index contributed by atoms with van der Waals surface area (Å²) in [5, 5.41) is 8.10. The van der Waals surface area contributed by atoms with Crippen molar-refractivity contribution < 1.29 is 9.13 Å². The molecular formula is C19H22ClFN4OS. The average Bonchev–Trinajstić information content (AvgIpc) is 3.14. The number of methoxy groups -OCH3 is 1. The van der Waals surface area contributed by atoms with Crippen molar-refractivity contribution in [2.24, 2.45) is 0 Å². The van der Waals surface area contributed by atoms with Crippen LogP contribution in [0.1, 0.15) is 19.3 Å². The lowest BCUT2D eigenvalue weighted by Crippen LogP contribution is -2.23. The van der Waals surface area contributed by atoms with Gasteiger partial charge in [-0.05, 0) is 49.7 Å². The summed E-state index contributed by atoms with van der Waals surface area (Å²) in [6.07, 6.45) is 3.93. The molecule has 2 N–H and O–H groups in total. The van der Waals surface area contributed by atoms with E-state index in [2.05, 4.69) is 20.0 Å². The van der Waals surface area contributed by atoms with Crippen LogP contribution in [0.5, 0.6) is 0 Å². The van der Waals surface area contributed by atoms with E-state index in [1.807, 2.05) is 24.3 Å². The third-order valence-electron chi connectivity index (χ3n) is 4.25. The second-order valence-electron chi connectivity index (χ2n) is 6.13. The summed E-state index contributed by atoms with van der Waals surface area (Å²) in [6.45, 7) is 2.36. The highest BCUT2D eigenvalue weighted by Gasteiger charge is 2.13. The number of benzene rings is 1. The van der Waals surface area contributed by atoms with Crippen molar-refractivity contribution in [3.05, 3.63) is 52.5 Å². The van der Waals surface area contributed by atoms with E-state index in [0.29, 0.717) is 23.0 Å². The van der Waals surface area contributed by atoms with E-state index in [0.717, 1.165) is 48.7 Å². The van der Waals surface area contributed by atoms with Gasteiger partial charge in [-0.3, -0.25) is 0 Å². The van der Waals surface area contributed by atoms with Gasteiger partial charge in [-0.15, -0.1) is 0 Å². The van der Waals surface area contributed by atoms with Crippen LogP contribution < -0.4 is 10.6 Å². The molecule has 3 rings (SSSR count). The topological polar surface area (TPSA) is 59.1 Å². The number of nitrogens with zero attached hydrogens (tertiary/aromatic N) is 2. The number of rotatable bonds is 9. The SMILES string of the molecule is COC1=C(F)C=C(CCNCCNc2nc(-c3ccc(Cl)cc3)ns2)CC1. The number of anilines is 1. The fraction of sp³-hybridized carbons (Fsp3) is 0.368. The normalized spacial score (nSPS) is 14.3.